The van der Waals surface area contributed by atoms with Gasteiger partial charge in [0.25, 0.3) is 0 Å². The minimum atomic E-state index is -0.0789. The van der Waals surface area contributed by atoms with Crippen molar-refractivity contribution in [3.63, 3.8) is 0 Å². The van der Waals surface area contributed by atoms with E-state index in [1.54, 1.807) is 0 Å². The summed E-state index contributed by atoms with van der Waals surface area (Å²) in [4.78, 5) is 11.2. The molecule has 0 aromatic rings. The maximum atomic E-state index is 11.2. The van der Waals surface area contributed by atoms with E-state index in [0.717, 1.165) is 32.1 Å². The Morgan fingerprint density at radius 1 is 1.27 bits per heavy atom. The first-order valence-corrected chi connectivity index (χ1v) is 6.01. The predicted molar refractivity (Wildman–Crippen MR) is 62.6 cm³/mol. The standard InChI is InChI=1S/C12H25NO2/c1-4-11(13)8-6-5-7-9-12(14)15-10(2)3/h10-11H,4-9,13H2,1-3H3. The molecule has 0 aliphatic heterocycles. The Bertz CT molecular complexity index is 169. The van der Waals surface area contributed by atoms with Crippen molar-refractivity contribution >= 4 is 5.97 Å². The molecular weight excluding hydrogens is 190 g/mol. The van der Waals surface area contributed by atoms with Crippen LogP contribution >= 0.6 is 0 Å². The molecule has 0 saturated carbocycles. The van der Waals surface area contributed by atoms with Crippen molar-refractivity contribution in [1.82, 2.24) is 0 Å². The summed E-state index contributed by atoms with van der Waals surface area (Å²) in [6.07, 6.45) is 5.75. The summed E-state index contributed by atoms with van der Waals surface area (Å²) in [6.45, 7) is 5.85. The highest BCUT2D eigenvalue weighted by Gasteiger charge is 2.05. The van der Waals surface area contributed by atoms with Crippen LogP contribution in [0.4, 0.5) is 0 Å². The molecule has 0 aliphatic carbocycles. The third-order valence-electron chi connectivity index (χ3n) is 2.35. The second-order valence-corrected chi connectivity index (χ2v) is 4.31. The van der Waals surface area contributed by atoms with E-state index in [1.165, 1.54) is 0 Å². The normalized spacial score (nSPS) is 12.9. The molecule has 3 nitrogen and oxygen atoms in total. The molecule has 0 amide bonds. The van der Waals surface area contributed by atoms with Gasteiger partial charge < -0.3 is 10.5 Å². The Hall–Kier alpha value is -0.570. The molecule has 0 fully saturated rings. The average molecular weight is 215 g/mol. The molecule has 15 heavy (non-hydrogen) atoms. The zero-order chi connectivity index (χ0) is 11.7. The zero-order valence-corrected chi connectivity index (χ0v) is 10.3. The average Bonchev–Trinajstić information content (AvgIpc) is 2.15. The first-order chi connectivity index (χ1) is 7.06. The number of carbonyl (C=O) groups excluding carboxylic acids is 1. The van der Waals surface area contributed by atoms with Gasteiger partial charge in [0.15, 0.2) is 0 Å². The van der Waals surface area contributed by atoms with Crippen LogP contribution in [0.5, 0.6) is 0 Å². The highest BCUT2D eigenvalue weighted by molar-refractivity contribution is 5.69. The topological polar surface area (TPSA) is 52.3 Å². The van der Waals surface area contributed by atoms with E-state index in [9.17, 15) is 4.79 Å². The van der Waals surface area contributed by atoms with E-state index in [1.807, 2.05) is 13.8 Å². The van der Waals surface area contributed by atoms with E-state index in [4.69, 9.17) is 10.5 Å². The molecule has 2 N–H and O–H groups in total. The van der Waals surface area contributed by atoms with Gasteiger partial charge in [-0.25, -0.2) is 0 Å². The number of nitrogens with two attached hydrogens (primary N) is 1. The quantitative estimate of drug-likeness (QED) is 0.500. The lowest BCUT2D eigenvalue weighted by atomic mass is 10.1. The summed E-state index contributed by atoms with van der Waals surface area (Å²) >= 11 is 0. The Balaban J connectivity index is 3.27. The van der Waals surface area contributed by atoms with Crippen molar-refractivity contribution in [3.8, 4) is 0 Å². The van der Waals surface area contributed by atoms with Crippen LogP contribution in [-0.2, 0) is 9.53 Å². The van der Waals surface area contributed by atoms with Gasteiger partial charge in [0, 0.05) is 12.5 Å². The molecule has 0 spiro atoms. The largest absolute Gasteiger partial charge is 0.463 e. The van der Waals surface area contributed by atoms with Crippen LogP contribution in [0, 0.1) is 0 Å². The van der Waals surface area contributed by atoms with Gasteiger partial charge in [-0.15, -0.1) is 0 Å². The monoisotopic (exact) mass is 215 g/mol. The second-order valence-electron chi connectivity index (χ2n) is 4.31. The lowest BCUT2D eigenvalue weighted by Gasteiger charge is -2.09. The second kappa shape index (κ2) is 8.72. The lowest BCUT2D eigenvalue weighted by Crippen LogP contribution is -2.18. The minimum absolute atomic E-state index is 0.00557. The van der Waals surface area contributed by atoms with Crippen LogP contribution < -0.4 is 5.73 Å². The Morgan fingerprint density at radius 3 is 2.47 bits per heavy atom. The molecular formula is C12H25NO2. The SMILES string of the molecule is CCC(N)CCCCCC(=O)OC(C)C. The van der Waals surface area contributed by atoms with Gasteiger partial charge >= 0.3 is 5.97 Å². The van der Waals surface area contributed by atoms with Gasteiger partial charge in [0.1, 0.15) is 0 Å². The van der Waals surface area contributed by atoms with Crippen molar-refractivity contribution in [2.75, 3.05) is 0 Å². The van der Waals surface area contributed by atoms with E-state index in [0.29, 0.717) is 12.5 Å². The third-order valence-corrected chi connectivity index (χ3v) is 2.35. The van der Waals surface area contributed by atoms with Crippen LogP contribution in [0.15, 0.2) is 0 Å². The molecule has 1 atom stereocenters. The Kier molecular flexibility index (Phi) is 8.38. The number of carbonyl (C=O) groups is 1. The summed E-state index contributed by atoms with van der Waals surface area (Å²) < 4.78 is 5.04. The highest BCUT2D eigenvalue weighted by Crippen LogP contribution is 2.07. The van der Waals surface area contributed by atoms with E-state index < -0.39 is 0 Å². The molecule has 0 heterocycles. The van der Waals surface area contributed by atoms with Crippen molar-refractivity contribution in [1.29, 1.82) is 0 Å². The summed E-state index contributed by atoms with van der Waals surface area (Å²) in [6, 6.07) is 0.326. The van der Waals surface area contributed by atoms with Crippen LogP contribution in [0.3, 0.4) is 0 Å². The molecule has 0 saturated heterocycles. The molecule has 1 unspecified atom stereocenters. The molecule has 90 valence electrons. The fourth-order valence-corrected chi connectivity index (χ4v) is 1.38. The van der Waals surface area contributed by atoms with E-state index >= 15 is 0 Å². The fourth-order valence-electron chi connectivity index (χ4n) is 1.38. The first-order valence-electron chi connectivity index (χ1n) is 6.01. The predicted octanol–water partition coefficient (Wildman–Crippen LogP) is 2.63. The third kappa shape index (κ3) is 9.73. The summed E-state index contributed by atoms with van der Waals surface area (Å²) in [5.74, 6) is -0.0789. The molecule has 0 aromatic heterocycles. The highest BCUT2D eigenvalue weighted by atomic mass is 16.5. The molecule has 0 aromatic carbocycles. The van der Waals surface area contributed by atoms with E-state index in [-0.39, 0.29) is 12.1 Å². The van der Waals surface area contributed by atoms with Crippen LogP contribution in [0.1, 0.15) is 59.3 Å². The number of hydrogen-bond donors (Lipinski definition) is 1. The molecule has 0 radical (unpaired) electrons. The molecule has 0 aliphatic rings. The minimum Gasteiger partial charge on any atom is -0.463 e. The van der Waals surface area contributed by atoms with Gasteiger partial charge in [0.2, 0.25) is 0 Å². The number of esters is 1. The zero-order valence-electron chi connectivity index (χ0n) is 10.3. The summed E-state index contributed by atoms with van der Waals surface area (Å²) in [5.41, 5.74) is 5.79. The van der Waals surface area contributed by atoms with Crippen molar-refractivity contribution < 1.29 is 9.53 Å². The van der Waals surface area contributed by atoms with Gasteiger partial charge in [-0.05, 0) is 33.1 Å². The maximum absolute atomic E-state index is 11.2. The molecule has 3 heteroatoms. The van der Waals surface area contributed by atoms with Crippen molar-refractivity contribution in [2.24, 2.45) is 5.73 Å². The maximum Gasteiger partial charge on any atom is 0.306 e. The van der Waals surface area contributed by atoms with Gasteiger partial charge in [-0.3, -0.25) is 4.79 Å². The van der Waals surface area contributed by atoms with Crippen LogP contribution in [-0.4, -0.2) is 18.1 Å². The number of hydrogen-bond acceptors (Lipinski definition) is 3. The smallest absolute Gasteiger partial charge is 0.306 e. The number of ether oxygens (including phenoxy) is 1. The van der Waals surface area contributed by atoms with Crippen molar-refractivity contribution in [2.45, 2.75) is 71.4 Å². The van der Waals surface area contributed by atoms with Gasteiger partial charge in [-0.1, -0.05) is 19.8 Å². The Labute approximate surface area is 93.4 Å². The fraction of sp³-hybridized carbons (Fsp3) is 0.917. The molecule has 0 rings (SSSR count). The van der Waals surface area contributed by atoms with E-state index in [2.05, 4.69) is 6.92 Å². The summed E-state index contributed by atoms with van der Waals surface area (Å²) in [5, 5.41) is 0. The lowest BCUT2D eigenvalue weighted by molar-refractivity contribution is -0.147. The van der Waals surface area contributed by atoms with Gasteiger partial charge in [-0.2, -0.15) is 0 Å². The van der Waals surface area contributed by atoms with Gasteiger partial charge in [0.05, 0.1) is 6.10 Å². The number of rotatable bonds is 8. The van der Waals surface area contributed by atoms with Crippen LogP contribution in [0.25, 0.3) is 0 Å². The first kappa shape index (κ1) is 14.4. The molecule has 0 bridgehead atoms. The van der Waals surface area contributed by atoms with Crippen LogP contribution in [0.2, 0.25) is 0 Å². The van der Waals surface area contributed by atoms with Crippen molar-refractivity contribution in [3.05, 3.63) is 0 Å². The Morgan fingerprint density at radius 2 is 1.93 bits per heavy atom. The summed E-state index contributed by atoms with van der Waals surface area (Å²) in [7, 11) is 0. The number of unbranched alkanes of at least 4 members (excludes halogenated alkanes) is 2.